The molecule has 2 rings (SSSR count). The lowest BCUT2D eigenvalue weighted by molar-refractivity contribution is -0.141. The van der Waals surface area contributed by atoms with Gasteiger partial charge in [0.25, 0.3) is 0 Å². The van der Waals surface area contributed by atoms with E-state index >= 15 is 0 Å². The van der Waals surface area contributed by atoms with E-state index in [0.29, 0.717) is 12.5 Å². The summed E-state index contributed by atoms with van der Waals surface area (Å²) in [7, 11) is 0. The standard InChI is InChI=1S/C23H36N2O2/c1-4-16-25(17-5-2)23(27)21-14-12-20(13-15-21)22(26)24(6-3)18-19-10-8-7-9-11-19/h7-11,20-21H,4-6,12-18H2,1-3H3. The fraction of sp³-hybridized carbons (Fsp3) is 0.652. The van der Waals surface area contributed by atoms with Gasteiger partial charge in [0.15, 0.2) is 0 Å². The Bertz CT molecular complexity index is 573. The molecular weight excluding hydrogens is 336 g/mol. The first-order valence-electron chi connectivity index (χ1n) is 10.7. The molecule has 27 heavy (non-hydrogen) atoms. The highest BCUT2D eigenvalue weighted by molar-refractivity contribution is 5.81. The summed E-state index contributed by atoms with van der Waals surface area (Å²) in [5.74, 6) is 0.743. The van der Waals surface area contributed by atoms with Gasteiger partial charge in [-0.3, -0.25) is 9.59 Å². The highest BCUT2D eigenvalue weighted by Crippen LogP contribution is 2.31. The number of carbonyl (C=O) groups is 2. The molecule has 0 unspecified atom stereocenters. The van der Waals surface area contributed by atoms with Gasteiger partial charge < -0.3 is 9.80 Å². The second-order valence-corrected chi connectivity index (χ2v) is 7.71. The summed E-state index contributed by atoms with van der Waals surface area (Å²) in [6.45, 7) is 9.40. The van der Waals surface area contributed by atoms with E-state index in [-0.39, 0.29) is 17.7 Å². The van der Waals surface area contributed by atoms with Gasteiger partial charge in [0.05, 0.1) is 0 Å². The summed E-state index contributed by atoms with van der Waals surface area (Å²) >= 11 is 0. The summed E-state index contributed by atoms with van der Waals surface area (Å²) in [4.78, 5) is 29.8. The first-order chi connectivity index (χ1) is 13.1. The van der Waals surface area contributed by atoms with E-state index in [1.807, 2.05) is 34.9 Å². The van der Waals surface area contributed by atoms with Crippen molar-refractivity contribution in [3.05, 3.63) is 35.9 Å². The maximum absolute atomic E-state index is 13.0. The van der Waals surface area contributed by atoms with Crippen LogP contribution in [-0.4, -0.2) is 41.2 Å². The second kappa shape index (κ2) is 11.1. The predicted octanol–water partition coefficient (Wildman–Crippen LogP) is 4.49. The first-order valence-corrected chi connectivity index (χ1v) is 10.7. The Labute approximate surface area is 164 Å². The molecule has 0 aliphatic heterocycles. The van der Waals surface area contributed by atoms with Gasteiger partial charge in [-0.15, -0.1) is 0 Å². The lowest BCUT2D eigenvalue weighted by Crippen LogP contribution is -2.41. The maximum Gasteiger partial charge on any atom is 0.225 e. The van der Waals surface area contributed by atoms with Crippen molar-refractivity contribution in [3.8, 4) is 0 Å². The van der Waals surface area contributed by atoms with E-state index in [0.717, 1.165) is 58.2 Å². The Morgan fingerprint density at radius 2 is 1.30 bits per heavy atom. The molecule has 1 saturated carbocycles. The molecule has 0 bridgehead atoms. The lowest BCUT2D eigenvalue weighted by atomic mass is 9.80. The van der Waals surface area contributed by atoms with Crippen LogP contribution in [0.1, 0.15) is 64.9 Å². The van der Waals surface area contributed by atoms with Gasteiger partial charge in [0, 0.05) is 38.0 Å². The van der Waals surface area contributed by atoms with Gasteiger partial charge in [-0.2, -0.15) is 0 Å². The number of rotatable bonds is 9. The Hall–Kier alpha value is -1.84. The zero-order chi connectivity index (χ0) is 19.6. The molecule has 2 amide bonds. The second-order valence-electron chi connectivity index (χ2n) is 7.71. The molecule has 0 saturated heterocycles. The number of nitrogens with zero attached hydrogens (tertiary/aromatic N) is 2. The Morgan fingerprint density at radius 3 is 1.74 bits per heavy atom. The molecule has 0 aromatic heterocycles. The van der Waals surface area contributed by atoms with E-state index in [1.165, 1.54) is 5.56 Å². The minimum Gasteiger partial charge on any atom is -0.342 e. The quantitative estimate of drug-likeness (QED) is 0.641. The third-order valence-electron chi connectivity index (χ3n) is 5.63. The molecule has 1 aliphatic carbocycles. The van der Waals surface area contributed by atoms with Crippen LogP contribution in [0.15, 0.2) is 30.3 Å². The zero-order valence-corrected chi connectivity index (χ0v) is 17.3. The summed E-state index contributed by atoms with van der Waals surface area (Å²) < 4.78 is 0. The summed E-state index contributed by atoms with van der Waals surface area (Å²) in [6.07, 6.45) is 5.39. The number of benzene rings is 1. The van der Waals surface area contributed by atoms with Crippen molar-refractivity contribution in [3.63, 3.8) is 0 Å². The van der Waals surface area contributed by atoms with E-state index in [1.54, 1.807) is 0 Å². The largest absolute Gasteiger partial charge is 0.342 e. The van der Waals surface area contributed by atoms with Gasteiger partial charge in [-0.1, -0.05) is 44.2 Å². The van der Waals surface area contributed by atoms with Crippen LogP contribution in [0.25, 0.3) is 0 Å². The Balaban J connectivity index is 1.89. The van der Waals surface area contributed by atoms with E-state index < -0.39 is 0 Å². The third-order valence-corrected chi connectivity index (χ3v) is 5.63. The number of hydrogen-bond donors (Lipinski definition) is 0. The van der Waals surface area contributed by atoms with Crippen LogP contribution in [0.5, 0.6) is 0 Å². The predicted molar refractivity (Wildman–Crippen MR) is 110 cm³/mol. The Kier molecular flexibility index (Phi) is 8.83. The zero-order valence-electron chi connectivity index (χ0n) is 17.3. The van der Waals surface area contributed by atoms with Crippen molar-refractivity contribution in [2.24, 2.45) is 11.8 Å². The summed E-state index contributed by atoms with van der Waals surface area (Å²) in [6, 6.07) is 10.2. The van der Waals surface area contributed by atoms with Gasteiger partial charge in [0.1, 0.15) is 0 Å². The molecule has 0 spiro atoms. The monoisotopic (exact) mass is 372 g/mol. The average molecular weight is 373 g/mol. The van der Waals surface area contributed by atoms with Gasteiger partial charge in [0.2, 0.25) is 11.8 Å². The van der Waals surface area contributed by atoms with Crippen molar-refractivity contribution < 1.29 is 9.59 Å². The van der Waals surface area contributed by atoms with Crippen molar-refractivity contribution in [1.29, 1.82) is 0 Å². The molecule has 0 radical (unpaired) electrons. The first kappa shape index (κ1) is 21.5. The van der Waals surface area contributed by atoms with Gasteiger partial charge >= 0.3 is 0 Å². The number of amides is 2. The normalized spacial score (nSPS) is 19.5. The van der Waals surface area contributed by atoms with Crippen molar-refractivity contribution in [2.45, 2.75) is 65.8 Å². The van der Waals surface area contributed by atoms with Crippen LogP contribution in [0.3, 0.4) is 0 Å². The van der Waals surface area contributed by atoms with Crippen molar-refractivity contribution in [1.82, 2.24) is 9.80 Å². The molecule has 1 aliphatic rings. The highest BCUT2D eigenvalue weighted by Gasteiger charge is 2.33. The lowest BCUT2D eigenvalue weighted by Gasteiger charge is -2.33. The molecule has 150 valence electrons. The molecule has 0 atom stereocenters. The molecule has 1 fully saturated rings. The van der Waals surface area contributed by atoms with Crippen LogP contribution >= 0.6 is 0 Å². The van der Waals surface area contributed by atoms with E-state index in [4.69, 9.17) is 0 Å². The average Bonchev–Trinajstić information content (AvgIpc) is 2.71. The fourth-order valence-electron chi connectivity index (χ4n) is 4.13. The van der Waals surface area contributed by atoms with Crippen molar-refractivity contribution in [2.75, 3.05) is 19.6 Å². The summed E-state index contributed by atoms with van der Waals surface area (Å²) in [5.41, 5.74) is 1.17. The minimum absolute atomic E-state index is 0.0727. The summed E-state index contributed by atoms with van der Waals surface area (Å²) in [5, 5.41) is 0. The molecular formula is C23H36N2O2. The van der Waals surface area contributed by atoms with Crippen molar-refractivity contribution >= 4 is 11.8 Å². The Morgan fingerprint density at radius 1 is 0.815 bits per heavy atom. The molecule has 1 aromatic carbocycles. The highest BCUT2D eigenvalue weighted by atomic mass is 16.2. The smallest absolute Gasteiger partial charge is 0.225 e. The molecule has 4 nitrogen and oxygen atoms in total. The molecule has 1 aromatic rings. The molecule has 0 N–H and O–H groups in total. The van der Waals surface area contributed by atoms with Crippen LogP contribution < -0.4 is 0 Å². The van der Waals surface area contributed by atoms with E-state index in [2.05, 4.69) is 26.0 Å². The molecule has 4 heteroatoms. The SMILES string of the molecule is CCCN(CCC)C(=O)C1CCC(C(=O)N(CC)Cc2ccccc2)CC1. The van der Waals surface area contributed by atoms with Crippen LogP contribution in [0.4, 0.5) is 0 Å². The van der Waals surface area contributed by atoms with Crippen LogP contribution in [0.2, 0.25) is 0 Å². The topological polar surface area (TPSA) is 40.6 Å². The van der Waals surface area contributed by atoms with Crippen LogP contribution in [0, 0.1) is 11.8 Å². The van der Waals surface area contributed by atoms with E-state index in [9.17, 15) is 9.59 Å². The third kappa shape index (κ3) is 6.08. The molecule has 0 heterocycles. The fourth-order valence-corrected chi connectivity index (χ4v) is 4.13. The minimum atomic E-state index is 0.0727. The number of carbonyl (C=O) groups excluding carboxylic acids is 2. The maximum atomic E-state index is 13.0. The van der Waals surface area contributed by atoms with Gasteiger partial charge in [-0.05, 0) is 51.0 Å². The number of hydrogen-bond acceptors (Lipinski definition) is 2. The van der Waals surface area contributed by atoms with Gasteiger partial charge in [-0.25, -0.2) is 0 Å². The van der Waals surface area contributed by atoms with Crippen LogP contribution in [-0.2, 0) is 16.1 Å².